The fourth-order valence-corrected chi connectivity index (χ4v) is 2.01. The summed E-state index contributed by atoms with van der Waals surface area (Å²) < 4.78 is 0. The van der Waals surface area contributed by atoms with Gasteiger partial charge in [-0.3, -0.25) is 0 Å². The highest BCUT2D eigenvalue weighted by Gasteiger charge is 2.23. The Morgan fingerprint density at radius 1 is 1.39 bits per heavy atom. The number of carboxylic acids is 1. The molecule has 1 atom stereocenters. The van der Waals surface area contributed by atoms with Crippen molar-refractivity contribution in [3.63, 3.8) is 0 Å². The van der Waals surface area contributed by atoms with Crippen LogP contribution in [0.4, 0.5) is 4.79 Å². The standard InChI is InChI=1S/C12H24N2O3S/c1-12(2,3)8-14(4)11(17)13-9(10(15)16)6-7-18-5/h9H,6-8H2,1-5H3,(H,13,17)(H,15,16). The molecule has 0 spiro atoms. The van der Waals surface area contributed by atoms with E-state index in [2.05, 4.69) is 5.32 Å². The summed E-state index contributed by atoms with van der Waals surface area (Å²) in [5.41, 5.74) is -0.00984. The van der Waals surface area contributed by atoms with Gasteiger partial charge in [-0.05, 0) is 23.8 Å². The van der Waals surface area contributed by atoms with Crippen LogP contribution >= 0.6 is 11.8 Å². The molecular weight excluding hydrogens is 252 g/mol. The summed E-state index contributed by atoms with van der Waals surface area (Å²) in [5, 5.41) is 11.6. The maximum absolute atomic E-state index is 11.8. The number of carboxylic acid groups (broad SMARTS) is 1. The van der Waals surface area contributed by atoms with Gasteiger partial charge in [0.2, 0.25) is 0 Å². The lowest BCUT2D eigenvalue weighted by atomic mass is 9.96. The SMILES string of the molecule is CSCCC(NC(=O)N(C)CC(C)(C)C)C(=O)O. The number of carbonyl (C=O) groups excluding carboxylic acids is 1. The van der Waals surface area contributed by atoms with E-state index < -0.39 is 12.0 Å². The lowest BCUT2D eigenvalue weighted by molar-refractivity contribution is -0.139. The first-order chi connectivity index (χ1) is 8.17. The molecule has 106 valence electrons. The number of nitrogens with one attached hydrogen (secondary N) is 1. The molecule has 18 heavy (non-hydrogen) atoms. The van der Waals surface area contributed by atoms with Crippen LogP contribution in [-0.4, -0.2) is 53.6 Å². The molecule has 0 aromatic carbocycles. The van der Waals surface area contributed by atoms with Crippen molar-refractivity contribution in [1.29, 1.82) is 0 Å². The molecule has 0 heterocycles. The van der Waals surface area contributed by atoms with Gasteiger partial charge in [-0.2, -0.15) is 11.8 Å². The number of rotatable bonds is 6. The van der Waals surface area contributed by atoms with E-state index in [4.69, 9.17) is 5.11 Å². The molecule has 0 rings (SSSR count). The van der Waals surface area contributed by atoms with E-state index in [-0.39, 0.29) is 11.4 Å². The van der Waals surface area contributed by atoms with E-state index in [0.29, 0.717) is 18.7 Å². The van der Waals surface area contributed by atoms with Crippen LogP contribution < -0.4 is 5.32 Å². The van der Waals surface area contributed by atoms with Crippen LogP contribution in [0.5, 0.6) is 0 Å². The number of amides is 2. The lowest BCUT2D eigenvalue weighted by Gasteiger charge is -2.28. The van der Waals surface area contributed by atoms with Crippen molar-refractivity contribution in [2.75, 3.05) is 25.6 Å². The second-order valence-corrected chi connectivity index (χ2v) is 6.52. The molecule has 0 bridgehead atoms. The number of urea groups is 1. The summed E-state index contributed by atoms with van der Waals surface area (Å²) in [4.78, 5) is 24.4. The van der Waals surface area contributed by atoms with Gasteiger partial charge in [0.05, 0.1) is 0 Å². The van der Waals surface area contributed by atoms with E-state index in [1.807, 2.05) is 27.0 Å². The quantitative estimate of drug-likeness (QED) is 0.777. The van der Waals surface area contributed by atoms with Crippen LogP contribution in [0.25, 0.3) is 0 Å². The summed E-state index contributed by atoms with van der Waals surface area (Å²) in [6, 6.07) is -1.15. The largest absolute Gasteiger partial charge is 0.480 e. The van der Waals surface area contributed by atoms with Crippen LogP contribution in [0.3, 0.4) is 0 Å². The Kier molecular flexibility index (Phi) is 7.13. The fourth-order valence-electron chi connectivity index (χ4n) is 1.54. The predicted molar refractivity (Wildman–Crippen MR) is 75.0 cm³/mol. The summed E-state index contributed by atoms with van der Waals surface area (Å²) in [6.07, 6.45) is 2.35. The van der Waals surface area contributed by atoms with Gasteiger partial charge in [0.15, 0.2) is 0 Å². The van der Waals surface area contributed by atoms with Crippen molar-refractivity contribution in [3.05, 3.63) is 0 Å². The number of thioether (sulfide) groups is 1. The molecule has 6 heteroatoms. The Morgan fingerprint density at radius 2 is 1.94 bits per heavy atom. The van der Waals surface area contributed by atoms with Crippen molar-refractivity contribution in [1.82, 2.24) is 10.2 Å². The summed E-state index contributed by atoms with van der Waals surface area (Å²) in [5.74, 6) is -0.276. The Labute approximate surface area is 113 Å². The van der Waals surface area contributed by atoms with Gasteiger partial charge in [0.25, 0.3) is 0 Å². The highest BCUT2D eigenvalue weighted by Crippen LogP contribution is 2.14. The summed E-state index contributed by atoms with van der Waals surface area (Å²) in [7, 11) is 1.67. The maximum atomic E-state index is 11.8. The molecule has 0 aliphatic heterocycles. The molecule has 0 radical (unpaired) electrons. The van der Waals surface area contributed by atoms with Gasteiger partial charge in [-0.15, -0.1) is 0 Å². The Hall–Kier alpha value is -0.910. The Bertz CT molecular complexity index is 290. The molecule has 5 nitrogen and oxygen atoms in total. The fraction of sp³-hybridized carbons (Fsp3) is 0.833. The molecule has 2 N–H and O–H groups in total. The van der Waals surface area contributed by atoms with Crippen molar-refractivity contribution in [2.45, 2.75) is 33.2 Å². The van der Waals surface area contributed by atoms with Crippen molar-refractivity contribution >= 4 is 23.8 Å². The first-order valence-electron chi connectivity index (χ1n) is 5.90. The minimum Gasteiger partial charge on any atom is -0.480 e. The van der Waals surface area contributed by atoms with E-state index in [1.54, 1.807) is 18.8 Å². The second-order valence-electron chi connectivity index (χ2n) is 5.54. The number of aliphatic carboxylic acids is 1. The monoisotopic (exact) mass is 276 g/mol. The van der Waals surface area contributed by atoms with Gasteiger partial charge >= 0.3 is 12.0 Å². The number of hydrogen-bond acceptors (Lipinski definition) is 3. The first kappa shape index (κ1) is 17.1. The zero-order valence-corrected chi connectivity index (χ0v) is 12.6. The highest BCUT2D eigenvalue weighted by molar-refractivity contribution is 7.98. The summed E-state index contributed by atoms with van der Waals surface area (Å²) in [6.45, 7) is 6.66. The molecule has 0 fully saturated rings. The van der Waals surface area contributed by atoms with E-state index in [9.17, 15) is 9.59 Å². The first-order valence-corrected chi connectivity index (χ1v) is 7.30. The molecule has 0 saturated heterocycles. The molecule has 0 aliphatic rings. The third-order valence-corrected chi connectivity index (χ3v) is 2.91. The van der Waals surface area contributed by atoms with Crippen LogP contribution in [-0.2, 0) is 4.79 Å². The summed E-state index contributed by atoms with van der Waals surface area (Å²) >= 11 is 1.56. The number of nitrogens with zero attached hydrogens (tertiary/aromatic N) is 1. The smallest absolute Gasteiger partial charge is 0.326 e. The minimum absolute atomic E-state index is 0.00984. The number of carbonyl (C=O) groups is 2. The Balaban J connectivity index is 4.36. The second kappa shape index (κ2) is 7.51. The molecular formula is C12H24N2O3S. The van der Waals surface area contributed by atoms with Crippen molar-refractivity contribution in [3.8, 4) is 0 Å². The normalized spacial score (nSPS) is 12.9. The zero-order valence-electron chi connectivity index (χ0n) is 11.8. The van der Waals surface area contributed by atoms with Crippen LogP contribution in [0.1, 0.15) is 27.2 Å². The number of hydrogen-bond donors (Lipinski definition) is 2. The van der Waals surface area contributed by atoms with Gasteiger partial charge in [0, 0.05) is 13.6 Å². The topological polar surface area (TPSA) is 69.6 Å². The average molecular weight is 276 g/mol. The minimum atomic E-state index is -0.985. The zero-order chi connectivity index (χ0) is 14.3. The lowest BCUT2D eigenvalue weighted by Crippen LogP contribution is -2.48. The molecule has 2 amide bonds. The molecule has 0 aromatic heterocycles. The molecule has 0 aromatic rings. The Morgan fingerprint density at radius 3 is 2.33 bits per heavy atom. The van der Waals surface area contributed by atoms with Gasteiger partial charge < -0.3 is 15.3 Å². The van der Waals surface area contributed by atoms with Gasteiger partial charge in [-0.25, -0.2) is 9.59 Å². The highest BCUT2D eigenvalue weighted by atomic mass is 32.2. The maximum Gasteiger partial charge on any atom is 0.326 e. The van der Waals surface area contributed by atoms with E-state index in [1.165, 1.54) is 4.90 Å². The van der Waals surface area contributed by atoms with Gasteiger partial charge in [-0.1, -0.05) is 20.8 Å². The van der Waals surface area contributed by atoms with E-state index >= 15 is 0 Å². The third-order valence-electron chi connectivity index (χ3n) is 2.26. The van der Waals surface area contributed by atoms with Crippen LogP contribution in [0.15, 0.2) is 0 Å². The van der Waals surface area contributed by atoms with Crippen LogP contribution in [0.2, 0.25) is 0 Å². The van der Waals surface area contributed by atoms with Crippen molar-refractivity contribution < 1.29 is 14.7 Å². The van der Waals surface area contributed by atoms with Crippen LogP contribution in [0, 0.1) is 5.41 Å². The molecule has 0 aliphatic carbocycles. The average Bonchev–Trinajstić information content (AvgIpc) is 2.20. The van der Waals surface area contributed by atoms with Crippen molar-refractivity contribution in [2.24, 2.45) is 5.41 Å². The van der Waals surface area contributed by atoms with E-state index in [0.717, 1.165) is 0 Å². The molecule has 0 saturated carbocycles. The molecule has 1 unspecified atom stereocenters. The third kappa shape index (κ3) is 7.42. The predicted octanol–water partition coefficient (Wildman–Crippen LogP) is 1.88. The van der Waals surface area contributed by atoms with Gasteiger partial charge in [0.1, 0.15) is 6.04 Å².